The van der Waals surface area contributed by atoms with Crippen molar-refractivity contribution in [1.82, 2.24) is 0 Å². The lowest BCUT2D eigenvalue weighted by Crippen LogP contribution is -2.30. The van der Waals surface area contributed by atoms with Gasteiger partial charge in [-0.3, -0.25) is 14.4 Å². The summed E-state index contributed by atoms with van der Waals surface area (Å²) in [6.07, 6.45) is 53.5. The number of carbonyl (C=O) groups is 3. The number of ether oxygens (including phenoxy) is 3. The van der Waals surface area contributed by atoms with Crippen LogP contribution in [-0.2, 0) is 28.6 Å². The van der Waals surface area contributed by atoms with Gasteiger partial charge in [-0.15, -0.1) is 0 Å². The Hall–Kier alpha value is -1.85. The standard InChI is InChI=1S/C53H100O6/c1-4-7-10-13-16-19-21-23-24-25-26-27-28-30-31-34-37-40-43-46-52(55)58-49-50(48-57-51(54)45-42-39-36-33-18-15-12-9-6-3)59-53(56)47-44-41-38-35-32-29-22-20-17-14-11-8-5-2/h20,22,50H,4-19,21,23-49H2,1-3H3/b22-20-/t50-/m1/s1. The van der Waals surface area contributed by atoms with Gasteiger partial charge in [0, 0.05) is 19.3 Å². The summed E-state index contributed by atoms with van der Waals surface area (Å²) in [4.78, 5) is 37.8. The molecule has 59 heavy (non-hydrogen) atoms. The average Bonchev–Trinajstić information content (AvgIpc) is 3.23. The predicted molar refractivity (Wildman–Crippen MR) is 252 cm³/mol. The number of hydrogen-bond donors (Lipinski definition) is 0. The number of carbonyl (C=O) groups excluding carboxylic acids is 3. The highest BCUT2D eigenvalue weighted by Gasteiger charge is 2.19. The molecule has 0 spiro atoms. The van der Waals surface area contributed by atoms with Gasteiger partial charge in [-0.25, -0.2) is 0 Å². The Labute approximate surface area is 367 Å². The minimum Gasteiger partial charge on any atom is -0.462 e. The second-order valence-corrected chi connectivity index (χ2v) is 17.8. The Morgan fingerprint density at radius 1 is 0.322 bits per heavy atom. The molecule has 0 aliphatic rings. The summed E-state index contributed by atoms with van der Waals surface area (Å²) in [5.41, 5.74) is 0. The molecule has 348 valence electrons. The van der Waals surface area contributed by atoms with Crippen molar-refractivity contribution in [2.45, 2.75) is 297 Å². The molecule has 6 heteroatoms. The maximum Gasteiger partial charge on any atom is 0.306 e. The second-order valence-electron chi connectivity index (χ2n) is 17.8. The van der Waals surface area contributed by atoms with Gasteiger partial charge in [0.25, 0.3) is 0 Å². The van der Waals surface area contributed by atoms with Gasteiger partial charge in [-0.05, 0) is 44.9 Å². The second kappa shape index (κ2) is 48.8. The van der Waals surface area contributed by atoms with Crippen LogP contribution in [-0.4, -0.2) is 37.2 Å². The molecule has 0 radical (unpaired) electrons. The lowest BCUT2D eigenvalue weighted by Gasteiger charge is -2.18. The first-order valence-electron chi connectivity index (χ1n) is 26.2. The molecule has 0 fully saturated rings. The lowest BCUT2D eigenvalue weighted by molar-refractivity contribution is -0.167. The Morgan fingerprint density at radius 2 is 0.559 bits per heavy atom. The zero-order valence-electron chi connectivity index (χ0n) is 39.8. The summed E-state index contributed by atoms with van der Waals surface area (Å²) in [5, 5.41) is 0. The van der Waals surface area contributed by atoms with Gasteiger partial charge in [-0.1, -0.05) is 238 Å². The summed E-state index contributed by atoms with van der Waals surface area (Å²) < 4.78 is 16.8. The predicted octanol–water partition coefficient (Wildman–Crippen LogP) is 17.0. The monoisotopic (exact) mass is 833 g/mol. The van der Waals surface area contributed by atoms with Crippen molar-refractivity contribution in [2.75, 3.05) is 13.2 Å². The molecule has 6 nitrogen and oxygen atoms in total. The van der Waals surface area contributed by atoms with Gasteiger partial charge in [0.2, 0.25) is 0 Å². The van der Waals surface area contributed by atoms with E-state index in [1.165, 1.54) is 186 Å². The Balaban J connectivity index is 4.23. The van der Waals surface area contributed by atoms with Crippen LogP contribution in [0.2, 0.25) is 0 Å². The number of allylic oxidation sites excluding steroid dienone is 2. The fourth-order valence-corrected chi connectivity index (χ4v) is 7.79. The van der Waals surface area contributed by atoms with Crippen LogP contribution >= 0.6 is 0 Å². The summed E-state index contributed by atoms with van der Waals surface area (Å²) in [6, 6.07) is 0. The van der Waals surface area contributed by atoms with E-state index >= 15 is 0 Å². The minimum absolute atomic E-state index is 0.0683. The molecule has 1 atom stereocenters. The van der Waals surface area contributed by atoms with E-state index in [4.69, 9.17) is 14.2 Å². The SMILES string of the molecule is CCCCCC/C=C\CCCCCCCC(=O)O[C@H](COC(=O)CCCCCCCCCCC)COC(=O)CCCCCCCCCCCCCCCCCCCCC. The van der Waals surface area contributed by atoms with Crippen LogP contribution in [0.1, 0.15) is 290 Å². The zero-order valence-corrected chi connectivity index (χ0v) is 39.8. The molecule has 0 unspecified atom stereocenters. The maximum absolute atomic E-state index is 12.7. The molecule has 0 aromatic rings. The summed E-state index contributed by atoms with van der Waals surface area (Å²) in [7, 11) is 0. The Bertz CT molecular complexity index is 916. The van der Waals surface area contributed by atoms with Crippen LogP contribution < -0.4 is 0 Å². The van der Waals surface area contributed by atoms with Crippen LogP contribution in [0.3, 0.4) is 0 Å². The summed E-state index contributed by atoms with van der Waals surface area (Å²) in [5.74, 6) is -0.864. The number of rotatable bonds is 48. The Morgan fingerprint density at radius 3 is 0.864 bits per heavy atom. The third-order valence-electron chi connectivity index (χ3n) is 11.8. The first-order valence-corrected chi connectivity index (χ1v) is 26.2. The largest absolute Gasteiger partial charge is 0.462 e. The van der Waals surface area contributed by atoms with Crippen molar-refractivity contribution in [3.05, 3.63) is 12.2 Å². The maximum atomic E-state index is 12.7. The molecule has 0 saturated carbocycles. The van der Waals surface area contributed by atoms with Crippen molar-refractivity contribution in [3.63, 3.8) is 0 Å². The third kappa shape index (κ3) is 47.1. The number of unbranched alkanes of at least 4 members (excludes halogenated alkanes) is 35. The van der Waals surface area contributed by atoms with Gasteiger partial charge in [0.1, 0.15) is 13.2 Å². The van der Waals surface area contributed by atoms with Crippen molar-refractivity contribution in [3.8, 4) is 0 Å². The van der Waals surface area contributed by atoms with E-state index in [9.17, 15) is 14.4 Å². The molecular weight excluding hydrogens is 733 g/mol. The highest BCUT2D eigenvalue weighted by atomic mass is 16.6. The van der Waals surface area contributed by atoms with Crippen LogP contribution in [0.4, 0.5) is 0 Å². The van der Waals surface area contributed by atoms with Gasteiger partial charge >= 0.3 is 17.9 Å². The van der Waals surface area contributed by atoms with Crippen molar-refractivity contribution < 1.29 is 28.6 Å². The van der Waals surface area contributed by atoms with E-state index in [1.54, 1.807) is 0 Å². The lowest BCUT2D eigenvalue weighted by atomic mass is 10.0. The average molecular weight is 833 g/mol. The van der Waals surface area contributed by atoms with Gasteiger partial charge in [0.15, 0.2) is 6.10 Å². The van der Waals surface area contributed by atoms with Crippen molar-refractivity contribution in [2.24, 2.45) is 0 Å². The van der Waals surface area contributed by atoms with Crippen molar-refractivity contribution >= 4 is 17.9 Å². The van der Waals surface area contributed by atoms with Crippen LogP contribution in [0.25, 0.3) is 0 Å². The fourth-order valence-electron chi connectivity index (χ4n) is 7.79. The minimum atomic E-state index is -0.766. The quantitative estimate of drug-likeness (QED) is 0.0263. The molecule has 0 bridgehead atoms. The van der Waals surface area contributed by atoms with Crippen LogP contribution in [0, 0.1) is 0 Å². The highest BCUT2D eigenvalue weighted by Crippen LogP contribution is 2.16. The van der Waals surface area contributed by atoms with E-state index in [-0.39, 0.29) is 31.1 Å². The fraction of sp³-hybridized carbons (Fsp3) is 0.906. The molecule has 0 aromatic carbocycles. The highest BCUT2D eigenvalue weighted by molar-refractivity contribution is 5.71. The molecule has 0 N–H and O–H groups in total. The molecule has 0 rings (SSSR count). The van der Waals surface area contributed by atoms with E-state index in [0.29, 0.717) is 19.3 Å². The van der Waals surface area contributed by atoms with E-state index < -0.39 is 6.10 Å². The number of hydrogen-bond acceptors (Lipinski definition) is 6. The van der Waals surface area contributed by atoms with Gasteiger partial charge < -0.3 is 14.2 Å². The smallest absolute Gasteiger partial charge is 0.306 e. The van der Waals surface area contributed by atoms with Crippen LogP contribution in [0.5, 0.6) is 0 Å². The molecule has 0 amide bonds. The van der Waals surface area contributed by atoms with E-state index in [1.807, 2.05) is 0 Å². The molecule has 0 aliphatic carbocycles. The topological polar surface area (TPSA) is 78.9 Å². The van der Waals surface area contributed by atoms with Crippen molar-refractivity contribution in [1.29, 1.82) is 0 Å². The molecule has 0 aliphatic heterocycles. The molecule has 0 heterocycles. The van der Waals surface area contributed by atoms with Crippen LogP contribution in [0.15, 0.2) is 12.2 Å². The van der Waals surface area contributed by atoms with E-state index in [0.717, 1.165) is 64.2 Å². The zero-order chi connectivity index (χ0) is 43.0. The molecule has 0 aromatic heterocycles. The first kappa shape index (κ1) is 57.1. The summed E-state index contributed by atoms with van der Waals surface area (Å²) >= 11 is 0. The van der Waals surface area contributed by atoms with Gasteiger partial charge in [-0.2, -0.15) is 0 Å². The van der Waals surface area contributed by atoms with E-state index in [2.05, 4.69) is 32.9 Å². The normalized spacial score (nSPS) is 12.0. The molecular formula is C53H100O6. The molecule has 0 saturated heterocycles. The summed E-state index contributed by atoms with van der Waals surface area (Å²) in [6.45, 7) is 6.63. The third-order valence-corrected chi connectivity index (χ3v) is 11.8. The Kier molecular flexibility index (Phi) is 47.3. The van der Waals surface area contributed by atoms with Gasteiger partial charge in [0.05, 0.1) is 0 Å². The first-order chi connectivity index (χ1) is 29.0. The number of esters is 3.